The normalized spacial score (nSPS) is 10.5. The number of thiocarbonyl (C=S) groups is 1. The lowest BCUT2D eigenvalue weighted by molar-refractivity contribution is -0.123. The Hall–Kier alpha value is -3.91. The molecule has 7 nitrogen and oxygen atoms in total. The number of benzene rings is 2. The molecular formula is C23H21N3O4S. The Morgan fingerprint density at radius 1 is 1.00 bits per heavy atom. The minimum atomic E-state index is -0.464. The van der Waals surface area contributed by atoms with Gasteiger partial charge in [0.25, 0.3) is 5.91 Å². The molecule has 0 radical (unpaired) electrons. The van der Waals surface area contributed by atoms with E-state index in [1.165, 1.54) is 12.2 Å². The van der Waals surface area contributed by atoms with Gasteiger partial charge in [0, 0.05) is 11.6 Å². The summed E-state index contributed by atoms with van der Waals surface area (Å²) in [6, 6.07) is 20.7. The third-order valence-electron chi connectivity index (χ3n) is 4.04. The summed E-state index contributed by atoms with van der Waals surface area (Å²) in [4.78, 5) is 23.9. The number of hydrogen-bond acceptors (Lipinski definition) is 5. The van der Waals surface area contributed by atoms with Crippen molar-refractivity contribution in [2.24, 2.45) is 0 Å². The fraction of sp³-hybridized carbons (Fsp3) is 0.0870. The number of nitrogens with one attached hydrogen (secondary N) is 3. The van der Waals surface area contributed by atoms with Gasteiger partial charge < -0.3 is 9.15 Å². The van der Waals surface area contributed by atoms with Crippen molar-refractivity contribution in [2.75, 3.05) is 6.61 Å². The monoisotopic (exact) mass is 435 g/mol. The molecule has 3 aromatic rings. The van der Waals surface area contributed by atoms with E-state index in [9.17, 15) is 9.59 Å². The van der Waals surface area contributed by atoms with Crippen molar-refractivity contribution in [2.45, 2.75) is 6.92 Å². The number of carbonyl (C=O) groups is 2. The highest BCUT2D eigenvalue weighted by atomic mass is 32.1. The number of amides is 2. The third kappa shape index (κ3) is 6.83. The second kappa shape index (κ2) is 10.7. The fourth-order valence-corrected chi connectivity index (χ4v) is 2.79. The van der Waals surface area contributed by atoms with Gasteiger partial charge in [-0.15, -0.1) is 0 Å². The molecule has 1 heterocycles. The molecular weight excluding hydrogens is 414 g/mol. The van der Waals surface area contributed by atoms with Crippen LogP contribution in [0.4, 0.5) is 0 Å². The molecule has 3 rings (SSSR count). The van der Waals surface area contributed by atoms with E-state index in [0.29, 0.717) is 11.5 Å². The fourth-order valence-electron chi connectivity index (χ4n) is 2.64. The van der Waals surface area contributed by atoms with E-state index < -0.39 is 11.8 Å². The highest BCUT2D eigenvalue weighted by molar-refractivity contribution is 7.80. The van der Waals surface area contributed by atoms with Crippen LogP contribution in [0.15, 0.2) is 77.2 Å². The average molecular weight is 436 g/mol. The molecule has 2 aromatic carbocycles. The zero-order valence-electron chi connectivity index (χ0n) is 16.8. The number of para-hydroxylation sites is 1. The third-order valence-corrected chi connectivity index (χ3v) is 4.25. The maximum Gasteiger partial charge on any atom is 0.276 e. The van der Waals surface area contributed by atoms with Crippen LogP contribution < -0.4 is 20.9 Å². The van der Waals surface area contributed by atoms with Crippen molar-refractivity contribution in [3.8, 4) is 16.9 Å². The van der Waals surface area contributed by atoms with Gasteiger partial charge in [-0.3, -0.25) is 25.8 Å². The van der Waals surface area contributed by atoms with E-state index in [1.807, 2.05) is 55.5 Å². The summed E-state index contributed by atoms with van der Waals surface area (Å²) in [7, 11) is 0. The molecule has 0 spiro atoms. The molecule has 0 aliphatic carbocycles. The van der Waals surface area contributed by atoms with E-state index >= 15 is 0 Å². The molecule has 31 heavy (non-hydrogen) atoms. The summed E-state index contributed by atoms with van der Waals surface area (Å²) < 4.78 is 11.0. The molecule has 0 saturated heterocycles. The first-order chi connectivity index (χ1) is 15.0. The summed E-state index contributed by atoms with van der Waals surface area (Å²) in [6.07, 6.45) is 2.79. The lowest BCUT2D eigenvalue weighted by atomic mass is 10.1. The maximum atomic E-state index is 12.1. The molecule has 0 aliphatic rings. The van der Waals surface area contributed by atoms with Gasteiger partial charge in [-0.25, -0.2) is 0 Å². The zero-order chi connectivity index (χ0) is 22.1. The van der Waals surface area contributed by atoms with Crippen LogP contribution >= 0.6 is 12.2 Å². The van der Waals surface area contributed by atoms with Gasteiger partial charge >= 0.3 is 0 Å². The van der Waals surface area contributed by atoms with Gasteiger partial charge in [0.05, 0.1) is 0 Å². The number of ether oxygens (including phenoxy) is 1. The Kier molecular flexibility index (Phi) is 7.56. The maximum absolute atomic E-state index is 12.1. The van der Waals surface area contributed by atoms with Gasteiger partial charge in [0.15, 0.2) is 11.7 Å². The number of hydrazine groups is 1. The van der Waals surface area contributed by atoms with Crippen molar-refractivity contribution in [1.29, 1.82) is 0 Å². The Morgan fingerprint density at radius 3 is 2.48 bits per heavy atom. The Morgan fingerprint density at radius 2 is 1.74 bits per heavy atom. The van der Waals surface area contributed by atoms with Crippen LogP contribution in [-0.4, -0.2) is 23.5 Å². The summed E-state index contributed by atoms with van der Waals surface area (Å²) in [5.41, 5.74) is 6.71. The van der Waals surface area contributed by atoms with Crippen LogP contribution in [0.2, 0.25) is 0 Å². The van der Waals surface area contributed by atoms with E-state index in [4.69, 9.17) is 21.4 Å². The number of carbonyl (C=O) groups excluding carboxylic acids is 2. The largest absolute Gasteiger partial charge is 0.483 e. The van der Waals surface area contributed by atoms with E-state index in [2.05, 4.69) is 16.2 Å². The highest BCUT2D eigenvalue weighted by Crippen LogP contribution is 2.29. The number of hydrogen-bond donors (Lipinski definition) is 3. The number of rotatable bonds is 6. The molecule has 3 N–H and O–H groups in total. The minimum Gasteiger partial charge on any atom is -0.483 e. The van der Waals surface area contributed by atoms with Crippen LogP contribution in [0.5, 0.6) is 5.75 Å². The standard InChI is InChI=1S/C23H21N3O4S/c1-16-11-12-18(30-16)13-14-21(27)24-23(31)26-25-22(28)15-29-20-10-6-5-9-19(20)17-7-3-2-4-8-17/h2-14H,15H2,1H3,(H,25,28)(H2,24,26,27,31)/b14-13+. The molecule has 2 amide bonds. The first-order valence-electron chi connectivity index (χ1n) is 9.43. The number of aryl methyl sites for hydroxylation is 1. The second-order valence-electron chi connectivity index (χ2n) is 6.42. The lowest BCUT2D eigenvalue weighted by Crippen LogP contribution is -2.49. The van der Waals surface area contributed by atoms with Crippen molar-refractivity contribution in [3.05, 3.63) is 84.3 Å². The molecule has 0 atom stereocenters. The molecule has 0 aliphatic heterocycles. The molecule has 158 valence electrons. The predicted molar refractivity (Wildman–Crippen MR) is 122 cm³/mol. The number of furan rings is 1. The Bertz CT molecular complexity index is 1090. The van der Waals surface area contributed by atoms with Gasteiger partial charge in [-0.05, 0) is 49.0 Å². The minimum absolute atomic E-state index is 0.0525. The summed E-state index contributed by atoms with van der Waals surface area (Å²) in [5.74, 6) is 0.953. The molecule has 0 fully saturated rings. The summed E-state index contributed by atoms with van der Waals surface area (Å²) in [5, 5.41) is 2.36. The molecule has 1 aromatic heterocycles. The van der Waals surface area contributed by atoms with Gasteiger partial charge in [0.1, 0.15) is 17.3 Å². The molecule has 0 bridgehead atoms. The molecule has 0 unspecified atom stereocenters. The van der Waals surface area contributed by atoms with Crippen LogP contribution in [-0.2, 0) is 9.59 Å². The highest BCUT2D eigenvalue weighted by Gasteiger charge is 2.09. The first-order valence-corrected chi connectivity index (χ1v) is 9.83. The van der Waals surface area contributed by atoms with E-state index in [1.54, 1.807) is 18.2 Å². The topological polar surface area (TPSA) is 92.6 Å². The predicted octanol–water partition coefficient (Wildman–Crippen LogP) is 3.37. The van der Waals surface area contributed by atoms with Gasteiger partial charge in [-0.2, -0.15) is 0 Å². The van der Waals surface area contributed by atoms with Crippen LogP contribution in [0, 0.1) is 6.92 Å². The lowest BCUT2D eigenvalue weighted by Gasteiger charge is -2.13. The van der Waals surface area contributed by atoms with Crippen LogP contribution in [0.3, 0.4) is 0 Å². The first kappa shape index (κ1) is 21.8. The average Bonchev–Trinajstić information content (AvgIpc) is 3.21. The quantitative estimate of drug-likeness (QED) is 0.312. The van der Waals surface area contributed by atoms with Crippen LogP contribution in [0.25, 0.3) is 17.2 Å². The summed E-state index contributed by atoms with van der Waals surface area (Å²) >= 11 is 4.99. The van der Waals surface area contributed by atoms with Crippen LogP contribution in [0.1, 0.15) is 11.5 Å². The van der Waals surface area contributed by atoms with E-state index in [0.717, 1.165) is 16.9 Å². The summed E-state index contributed by atoms with van der Waals surface area (Å²) in [6.45, 7) is 1.58. The van der Waals surface area contributed by atoms with Gasteiger partial charge in [0.2, 0.25) is 5.91 Å². The van der Waals surface area contributed by atoms with Crippen molar-refractivity contribution >= 4 is 35.2 Å². The van der Waals surface area contributed by atoms with Gasteiger partial charge in [-0.1, -0.05) is 48.5 Å². The van der Waals surface area contributed by atoms with Crippen molar-refractivity contribution in [3.63, 3.8) is 0 Å². The van der Waals surface area contributed by atoms with Crippen molar-refractivity contribution in [1.82, 2.24) is 16.2 Å². The smallest absolute Gasteiger partial charge is 0.276 e. The SMILES string of the molecule is Cc1ccc(/C=C/C(=O)NC(=S)NNC(=O)COc2ccccc2-c2ccccc2)o1. The molecule has 0 saturated carbocycles. The zero-order valence-corrected chi connectivity index (χ0v) is 17.6. The molecule has 8 heteroatoms. The second-order valence-corrected chi connectivity index (χ2v) is 6.83. The van der Waals surface area contributed by atoms with E-state index in [-0.39, 0.29) is 11.7 Å². The Balaban J connectivity index is 1.44. The van der Waals surface area contributed by atoms with Crippen molar-refractivity contribution < 1.29 is 18.7 Å². The Labute approximate surface area is 185 Å².